The number of rotatable bonds is 7. The molecule has 0 radical (unpaired) electrons. The number of para-hydroxylation sites is 3. The number of hydrogen-bond acceptors (Lipinski definition) is 6. The van der Waals surface area contributed by atoms with Crippen LogP contribution in [0.3, 0.4) is 0 Å². The summed E-state index contributed by atoms with van der Waals surface area (Å²) in [6.45, 7) is -0.187. The predicted octanol–water partition coefficient (Wildman–Crippen LogP) is 3.81. The number of hydrogen-bond donors (Lipinski definition) is 1. The number of alkyl halides is 3. The lowest BCUT2D eigenvalue weighted by Crippen LogP contribution is -2.23. The molecule has 0 aliphatic rings. The van der Waals surface area contributed by atoms with Gasteiger partial charge < -0.3 is 4.74 Å². The van der Waals surface area contributed by atoms with Gasteiger partial charge in [-0.1, -0.05) is 24.3 Å². The largest absolute Gasteiger partial charge is 0.501 e. The van der Waals surface area contributed by atoms with E-state index in [2.05, 4.69) is 9.71 Å². The van der Waals surface area contributed by atoms with Crippen molar-refractivity contribution < 1.29 is 34.7 Å². The lowest BCUT2D eigenvalue weighted by Gasteiger charge is -2.15. The highest BCUT2D eigenvalue weighted by Crippen LogP contribution is 2.31. The van der Waals surface area contributed by atoms with Gasteiger partial charge in [0.05, 0.1) is 21.6 Å². The van der Waals surface area contributed by atoms with Crippen molar-refractivity contribution in [1.29, 1.82) is 0 Å². The monoisotopic (exact) mass is 525 g/mol. The molecule has 4 rings (SSSR count). The average Bonchev–Trinajstić information content (AvgIpc) is 3.20. The van der Waals surface area contributed by atoms with Crippen LogP contribution >= 0.6 is 0 Å². The van der Waals surface area contributed by atoms with Crippen molar-refractivity contribution in [3.63, 3.8) is 0 Å². The minimum atomic E-state index is -5.48. The van der Waals surface area contributed by atoms with E-state index in [1.807, 2.05) is 0 Å². The van der Waals surface area contributed by atoms with Crippen molar-refractivity contribution in [2.75, 3.05) is 7.05 Å². The van der Waals surface area contributed by atoms with Crippen molar-refractivity contribution >= 4 is 30.9 Å². The van der Waals surface area contributed by atoms with Crippen LogP contribution in [0.2, 0.25) is 0 Å². The number of aromatic nitrogens is 2. The highest BCUT2D eigenvalue weighted by atomic mass is 32.2. The maximum absolute atomic E-state index is 12.8. The molecule has 0 bridgehead atoms. The van der Waals surface area contributed by atoms with E-state index >= 15 is 0 Å². The molecule has 1 aromatic heterocycles. The first-order valence-electron chi connectivity index (χ1n) is 9.99. The van der Waals surface area contributed by atoms with Gasteiger partial charge in [-0.2, -0.15) is 13.2 Å². The Balaban J connectivity index is 1.72. The number of sulfonamides is 1. The van der Waals surface area contributed by atoms with Gasteiger partial charge in [-0.15, -0.1) is 0 Å². The van der Waals surface area contributed by atoms with E-state index in [0.29, 0.717) is 22.5 Å². The molecule has 0 aliphatic carbocycles. The lowest BCUT2D eigenvalue weighted by atomic mass is 10.2. The highest BCUT2D eigenvalue weighted by molar-refractivity contribution is 7.92. The summed E-state index contributed by atoms with van der Waals surface area (Å²) in [5.41, 5.74) is -3.92. The van der Waals surface area contributed by atoms with Crippen molar-refractivity contribution in [1.82, 2.24) is 14.3 Å². The summed E-state index contributed by atoms with van der Waals surface area (Å²) < 4.78 is 96.2. The van der Waals surface area contributed by atoms with E-state index in [4.69, 9.17) is 4.74 Å². The number of nitrogens with one attached hydrogen (secondary N) is 1. The van der Waals surface area contributed by atoms with Gasteiger partial charge in [-0.05, 0) is 55.6 Å². The summed E-state index contributed by atoms with van der Waals surface area (Å²) in [5, 5.41) is 0. The van der Waals surface area contributed by atoms with E-state index < -0.39 is 30.3 Å². The summed E-state index contributed by atoms with van der Waals surface area (Å²) in [6.07, 6.45) is 0. The maximum atomic E-state index is 12.8. The molecule has 4 aromatic rings. The third kappa shape index (κ3) is 4.61. The summed E-state index contributed by atoms with van der Waals surface area (Å²) in [7, 11) is -8.01. The van der Waals surface area contributed by atoms with Gasteiger partial charge in [0.25, 0.3) is 9.84 Å². The zero-order valence-electron chi connectivity index (χ0n) is 18.0. The number of sulfone groups is 1. The SMILES string of the molecule is CNS(=O)(=O)c1ccccc1-n1c(COc2ccc(S(=O)(=O)C(F)(F)F)cc2)nc2ccccc21. The number of ether oxygens (including phenoxy) is 1. The van der Waals surface area contributed by atoms with E-state index in [1.165, 1.54) is 13.1 Å². The molecule has 13 heteroatoms. The number of nitrogens with zero attached hydrogens (tertiary/aromatic N) is 2. The van der Waals surface area contributed by atoms with Crippen LogP contribution in [-0.2, 0) is 26.5 Å². The van der Waals surface area contributed by atoms with Crippen LogP contribution in [0.4, 0.5) is 13.2 Å². The quantitative estimate of drug-likeness (QED) is 0.393. The molecule has 3 aromatic carbocycles. The van der Waals surface area contributed by atoms with Crippen LogP contribution in [0.5, 0.6) is 5.75 Å². The van der Waals surface area contributed by atoms with Crippen LogP contribution in [-0.4, -0.2) is 38.9 Å². The van der Waals surface area contributed by atoms with Crippen molar-refractivity contribution in [3.8, 4) is 11.4 Å². The molecule has 0 aliphatic heterocycles. The zero-order valence-corrected chi connectivity index (χ0v) is 19.7. The second-order valence-corrected chi connectivity index (χ2v) is 11.0. The Bertz CT molecular complexity index is 1600. The second-order valence-electron chi connectivity index (χ2n) is 7.24. The minimum absolute atomic E-state index is 0.00798. The zero-order chi connectivity index (χ0) is 25.4. The van der Waals surface area contributed by atoms with Crippen LogP contribution in [0.25, 0.3) is 16.7 Å². The number of imidazole rings is 1. The highest BCUT2D eigenvalue weighted by Gasteiger charge is 2.46. The average molecular weight is 526 g/mol. The van der Waals surface area contributed by atoms with Crippen LogP contribution in [0.1, 0.15) is 5.82 Å². The summed E-state index contributed by atoms with van der Waals surface area (Å²) in [6, 6.07) is 17.1. The fraction of sp³-hybridized carbons (Fsp3) is 0.136. The Labute approximate surface area is 199 Å². The predicted molar refractivity (Wildman–Crippen MR) is 121 cm³/mol. The van der Waals surface area contributed by atoms with Gasteiger partial charge in [0, 0.05) is 0 Å². The van der Waals surface area contributed by atoms with E-state index in [0.717, 1.165) is 24.3 Å². The summed E-state index contributed by atoms with van der Waals surface area (Å²) >= 11 is 0. The number of fused-ring (bicyclic) bond motifs is 1. The fourth-order valence-corrected chi connectivity index (χ4v) is 5.09. The molecule has 35 heavy (non-hydrogen) atoms. The van der Waals surface area contributed by atoms with Crippen molar-refractivity contribution in [2.45, 2.75) is 21.9 Å². The van der Waals surface area contributed by atoms with Gasteiger partial charge in [0.1, 0.15) is 17.3 Å². The molecule has 0 fully saturated rings. The van der Waals surface area contributed by atoms with Gasteiger partial charge >= 0.3 is 5.51 Å². The molecule has 184 valence electrons. The van der Waals surface area contributed by atoms with E-state index in [1.54, 1.807) is 47.0 Å². The fourth-order valence-electron chi connectivity index (χ4n) is 3.42. The summed E-state index contributed by atoms with van der Waals surface area (Å²) in [5.74, 6) is 0.415. The lowest BCUT2D eigenvalue weighted by molar-refractivity contribution is -0.0436. The van der Waals surface area contributed by atoms with Crippen LogP contribution < -0.4 is 9.46 Å². The molecule has 1 N–H and O–H groups in total. The third-order valence-electron chi connectivity index (χ3n) is 5.10. The van der Waals surface area contributed by atoms with Gasteiger partial charge in [-0.3, -0.25) is 4.57 Å². The second kappa shape index (κ2) is 8.98. The maximum Gasteiger partial charge on any atom is 0.501 e. The molecule has 0 atom stereocenters. The Hall–Kier alpha value is -3.42. The van der Waals surface area contributed by atoms with Crippen molar-refractivity contribution in [2.24, 2.45) is 0 Å². The standard InChI is InChI=1S/C22H18F3N3O5S2/c1-26-35(31,32)20-9-5-4-8-19(20)28-18-7-3-2-6-17(18)27-21(28)14-33-15-10-12-16(13-11-15)34(29,30)22(23,24)25/h2-13,26H,14H2,1H3. The Morgan fingerprint density at radius 3 is 2.20 bits per heavy atom. The molecule has 0 saturated heterocycles. The van der Waals surface area contributed by atoms with Crippen LogP contribution in [0.15, 0.2) is 82.6 Å². The number of halogens is 3. The Morgan fingerprint density at radius 2 is 1.54 bits per heavy atom. The summed E-state index contributed by atoms with van der Waals surface area (Å²) in [4.78, 5) is 3.62. The third-order valence-corrected chi connectivity index (χ3v) is 8.07. The molecular weight excluding hydrogens is 507 g/mol. The molecule has 0 spiro atoms. The van der Waals surface area contributed by atoms with Gasteiger partial charge in [0.2, 0.25) is 10.0 Å². The van der Waals surface area contributed by atoms with Crippen molar-refractivity contribution in [3.05, 3.63) is 78.6 Å². The Kier molecular flexibility index (Phi) is 6.34. The molecule has 0 saturated carbocycles. The molecule has 8 nitrogen and oxygen atoms in total. The van der Waals surface area contributed by atoms with Gasteiger partial charge in [-0.25, -0.2) is 26.5 Å². The minimum Gasteiger partial charge on any atom is -0.486 e. The molecule has 0 unspecified atom stereocenters. The topological polar surface area (TPSA) is 107 Å². The van der Waals surface area contributed by atoms with E-state index in [9.17, 15) is 30.0 Å². The molecule has 1 heterocycles. The van der Waals surface area contributed by atoms with Crippen LogP contribution in [0, 0.1) is 0 Å². The van der Waals surface area contributed by atoms with Gasteiger partial charge in [0.15, 0.2) is 5.82 Å². The first-order chi connectivity index (χ1) is 16.5. The molecular formula is C22H18F3N3O5S2. The number of benzene rings is 3. The first kappa shape index (κ1) is 24.7. The van der Waals surface area contributed by atoms with E-state index in [-0.39, 0.29) is 17.3 Å². The Morgan fingerprint density at radius 1 is 0.914 bits per heavy atom. The normalized spacial score (nSPS) is 12.7. The first-order valence-corrected chi connectivity index (χ1v) is 13.0. The smallest absolute Gasteiger partial charge is 0.486 e. The molecule has 0 amide bonds.